The van der Waals surface area contributed by atoms with Gasteiger partial charge in [-0.25, -0.2) is 0 Å². The molecule has 6 N–H and O–H groups in total. The van der Waals surface area contributed by atoms with E-state index in [-0.39, 0.29) is 5.84 Å². The third kappa shape index (κ3) is 3.16. The molecule has 100 valence electrons. The number of rotatable bonds is 4. The van der Waals surface area contributed by atoms with E-state index < -0.39 is 0 Å². The first-order valence-corrected chi connectivity index (χ1v) is 6.76. The summed E-state index contributed by atoms with van der Waals surface area (Å²) in [7, 11) is 0. The third-order valence-corrected chi connectivity index (χ3v) is 2.63. The highest BCUT2D eigenvalue weighted by molar-refractivity contribution is 7.99. The summed E-state index contributed by atoms with van der Waals surface area (Å²) < 4.78 is 3.09. The summed E-state index contributed by atoms with van der Waals surface area (Å²) in [6.07, 6.45) is 5.21. The Morgan fingerprint density at radius 1 is 1.53 bits per heavy atom. The normalized spacial score (nSPS) is 11.6. The number of nitrogens with two attached hydrogens (primary N) is 1. The SMILES string of the molecule is CSNc1nc(NC(=N)/C=C(/C)N)nc2[nH]ccc12. The number of aromatic nitrogens is 3. The van der Waals surface area contributed by atoms with Crippen LogP contribution in [0.5, 0.6) is 0 Å². The molecule has 0 spiro atoms. The number of nitrogens with zero attached hydrogens (tertiary/aromatic N) is 2. The van der Waals surface area contributed by atoms with Crippen molar-refractivity contribution >= 4 is 40.6 Å². The van der Waals surface area contributed by atoms with Crippen molar-refractivity contribution < 1.29 is 0 Å². The van der Waals surface area contributed by atoms with Gasteiger partial charge in [0.1, 0.15) is 11.5 Å². The minimum absolute atomic E-state index is 0.140. The van der Waals surface area contributed by atoms with Crippen LogP contribution in [0.4, 0.5) is 11.8 Å². The zero-order chi connectivity index (χ0) is 13.8. The number of amidine groups is 1. The van der Waals surface area contributed by atoms with Crippen LogP contribution >= 0.6 is 11.9 Å². The van der Waals surface area contributed by atoms with Gasteiger partial charge in [-0.05, 0) is 19.1 Å². The zero-order valence-corrected chi connectivity index (χ0v) is 11.4. The van der Waals surface area contributed by atoms with E-state index in [1.54, 1.807) is 13.1 Å². The van der Waals surface area contributed by atoms with E-state index in [0.717, 1.165) is 5.39 Å². The summed E-state index contributed by atoms with van der Waals surface area (Å²) in [6.45, 7) is 1.71. The van der Waals surface area contributed by atoms with Crippen molar-refractivity contribution in [2.75, 3.05) is 16.3 Å². The van der Waals surface area contributed by atoms with Gasteiger partial charge in [0, 0.05) is 18.1 Å². The predicted molar refractivity (Wildman–Crippen MR) is 80.3 cm³/mol. The molecule has 0 aliphatic rings. The molecule has 0 amide bonds. The molecule has 2 aromatic heterocycles. The second-order valence-electron chi connectivity index (χ2n) is 3.87. The lowest BCUT2D eigenvalue weighted by Crippen LogP contribution is -2.12. The van der Waals surface area contributed by atoms with Gasteiger partial charge < -0.3 is 20.8 Å². The van der Waals surface area contributed by atoms with Gasteiger partial charge in [0.15, 0.2) is 5.82 Å². The Morgan fingerprint density at radius 2 is 2.32 bits per heavy atom. The number of anilines is 2. The van der Waals surface area contributed by atoms with E-state index in [4.69, 9.17) is 11.1 Å². The first kappa shape index (κ1) is 13.2. The Labute approximate surface area is 114 Å². The molecule has 0 atom stereocenters. The van der Waals surface area contributed by atoms with Crippen LogP contribution < -0.4 is 15.8 Å². The predicted octanol–water partition coefficient (Wildman–Crippen LogP) is 1.90. The van der Waals surface area contributed by atoms with Gasteiger partial charge in [0.2, 0.25) is 5.95 Å². The number of hydrogen-bond donors (Lipinski definition) is 5. The van der Waals surface area contributed by atoms with Crippen molar-refractivity contribution in [3.05, 3.63) is 24.0 Å². The average molecular weight is 277 g/mol. The van der Waals surface area contributed by atoms with Crippen LogP contribution in [0.3, 0.4) is 0 Å². The highest BCUT2D eigenvalue weighted by atomic mass is 32.2. The molecule has 0 aromatic carbocycles. The molecule has 0 aliphatic heterocycles. The van der Waals surface area contributed by atoms with E-state index in [1.165, 1.54) is 18.0 Å². The molecular formula is C11H15N7S. The molecule has 0 unspecified atom stereocenters. The lowest BCUT2D eigenvalue weighted by atomic mass is 10.4. The van der Waals surface area contributed by atoms with E-state index >= 15 is 0 Å². The van der Waals surface area contributed by atoms with Gasteiger partial charge in [0.05, 0.1) is 5.39 Å². The first-order chi connectivity index (χ1) is 9.10. The molecule has 2 rings (SSSR count). The molecular weight excluding hydrogens is 262 g/mol. The molecule has 2 heterocycles. The fourth-order valence-corrected chi connectivity index (χ4v) is 1.90. The molecule has 0 radical (unpaired) electrons. The zero-order valence-electron chi connectivity index (χ0n) is 10.6. The van der Waals surface area contributed by atoms with Crippen LogP contribution in [-0.2, 0) is 0 Å². The van der Waals surface area contributed by atoms with Crippen LogP contribution in [0, 0.1) is 5.41 Å². The molecule has 0 aliphatic carbocycles. The molecule has 7 nitrogen and oxygen atoms in total. The van der Waals surface area contributed by atoms with E-state index in [9.17, 15) is 0 Å². The minimum Gasteiger partial charge on any atom is -0.402 e. The Hall–Kier alpha value is -2.22. The lowest BCUT2D eigenvalue weighted by molar-refractivity contribution is 1.20. The van der Waals surface area contributed by atoms with Gasteiger partial charge >= 0.3 is 0 Å². The summed E-state index contributed by atoms with van der Waals surface area (Å²) >= 11 is 1.44. The molecule has 2 aromatic rings. The van der Waals surface area contributed by atoms with Gasteiger partial charge in [0.25, 0.3) is 0 Å². The molecule has 0 bridgehead atoms. The Morgan fingerprint density at radius 3 is 3.00 bits per heavy atom. The Balaban J connectivity index is 2.33. The number of aromatic amines is 1. The number of fused-ring (bicyclic) bond motifs is 1. The van der Waals surface area contributed by atoms with Crippen LogP contribution in [0.25, 0.3) is 11.0 Å². The average Bonchev–Trinajstić information content (AvgIpc) is 2.76. The summed E-state index contributed by atoms with van der Waals surface area (Å²) in [4.78, 5) is 11.6. The summed E-state index contributed by atoms with van der Waals surface area (Å²) in [5, 5.41) is 11.4. The van der Waals surface area contributed by atoms with Crippen molar-refractivity contribution in [3.8, 4) is 0 Å². The van der Waals surface area contributed by atoms with Crippen LogP contribution in [0.15, 0.2) is 24.0 Å². The van der Waals surface area contributed by atoms with E-state index in [2.05, 4.69) is 25.0 Å². The van der Waals surface area contributed by atoms with Gasteiger partial charge in [-0.1, -0.05) is 11.9 Å². The van der Waals surface area contributed by atoms with Crippen molar-refractivity contribution in [1.82, 2.24) is 15.0 Å². The second-order valence-corrected chi connectivity index (χ2v) is 4.48. The fraction of sp³-hybridized carbons (Fsp3) is 0.182. The Kier molecular flexibility index (Phi) is 3.91. The Bertz CT molecular complexity index is 627. The summed E-state index contributed by atoms with van der Waals surface area (Å²) in [5.74, 6) is 1.18. The third-order valence-electron chi connectivity index (χ3n) is 2.23. The van der Waals surface area contributed by atoms with Crippen LogP contribution in [-0.4, -0.2) is 27.0 Å². The highest BCUT2D eigenvalue weighted by Gasteiger charge is 2.08. The summed E-state index contributed by atoms with van der Waals surface area (Å²) in [6, 6.07) is 1.90. The quantitative estimate of drug-likeness (QED) is 0.331. The second kappa shape index (κ2) is 5.61. The molecule has 0 fully saturated rings. The van der Waals surface area contributed by atoms with Gasteiger partial charge in [-0.2, -0.15) is 9.97 Å². The van der Waals surface area contributed by atoms with Gasteiger partial charge in [-0.3, -0.25) is 5.41 Å². The fourth-order valence-electron chi connectivity index (χ4n) is 1.56. The topological polar surface area (TPSA) is 116 Å². The minimum atomic E-state index is 0.140. The number of allylic oxidation sites excluding steroid dienone is 1. The largest absolute Gasteiger partial charge is 0.402 e. The molecule has 0 saturated heterocycles. The first-order valence-electron chi connectivity index (χ1n) is 5.53. The van der Waals surface area contributed by atoms with Crippen LogP contribution in [0.1, 0.15) is 6.92 Å². The smallest absolute Gasteiger partial charge is 0.232 e. The number of H-pyrrole nitrogens is 1. The highest BCUT2D eigenvalue weighted by Crippen LogP contribution is 2.22. The van der Waals surface area contributed by atoms with Crippen molar-refractivity contribution in [1.29, 1.82) is 5.41 Å². The molecule has 19 heavy (non-hydrogen) atoms. The van der Waals surface area contributed by atoms with Crippen molar-refractivity contribution in [2.45, 2.75) is 6.92 Å². The van der Waals surface area contributed by atoms with Crippen molar-refractivity contribution in [2.24, 2.45) is 5.73 Å². The monoisotopic (exact) mass is 277 g/mol. The molecule has 0 saturated carbocycles. The standard InChI is InChI=1S/C11H15N7S/c1-6(12)5-8(13)15-11-16-9-7(3-4-14-9)10(17-11)18-19-2/h3-5H,12H2,1-2H3,(H4,13,14,15,16,17,18)/b6-5-. The summed E-state index contributed by atoms with van der Waals surface area (Å²) in [5.41, 5.74) is 6.76. The molecule has 8 heteroatoms. The maximum absolute atomic E-state index is 7.72. The van der Waals surface area contributed by atoms with Crippen molar-refractivity contribution in [3.63, 3.8) is 0 Å². The van der Waals surface area contributed by atoms with Crippen LogP contribution in [0.2, 0.25) is 0 Å². The van der Waals surface area contributed by atoms with E-state index in [1.807, 2.05) is 12.3 Å². The maximum atomic E-state index is 7.72. The number of nitrogens with one attached hydrogen (secondary N) is 4. The van der Waals surface area contributed by atoms with Gasteiger partial charge in [-0.15, -0.1) is 0 Å². The number of hydrogen-bond acceptors (Lipinski definition) is 6. The maximum Gasteiger partial charge on any atom is 0.232 e. The lowest BCUT2D eigenvalue weighted by Gasteiger charge is -2.07. The van der Waals surface area contributed by atoms with E-state index in [0.29, 0.717) is 23.1 Å².